The molecule has 0 spiro atoms. The highest BCUT2D eigenvalue weighted by Gasteiger charge is 2.39. The van der Waals surface area contributed by atoms with Gasteiger partial charge in [-0.1, -0.05) is 11.6 Å². The number of rotatable bonds is 1. The highest BCUT2D eigenvalue weighted by Crippen LogP contribution is 2.34. The van der Waals surface area contributed by atoms with Crippen molar-refractivity contribution in [3.8, 4) is 0 Å². The van der Waals surface area contributed by atoms with Crippen molar-refractivity contribution in [3.05, 3.63) is 17.3 Å². The van der Waals surface area contributed by atoms with Gasteiger partial charge in [-0.3, -0.25) is 0 Å². The molecule has 2 aromatic rings. The summed E-state index contributed by atoms with van der Waals surface area (Å²) in [5, 5.41) is -0.0834. The van der Waals surface area contributed by atoms with Gasteiger partial charge in [0.05, 0.1) is 0 Å². The largest absolute Gasteiger partial charge is 0.449 e. The van der Waals surface area contributed by atoms with Crippen LogP contribution >= 0.6 is 11.6 Å². The molecule has 0 aliphatic rings. The van der Waals surface area contributed by atoms with E-state index in [1.54, 1.807) is 13.8 Å². The quantitative estimate of drug-likeness (QED) is 0.744. The van der Waals surface area contributed by atoms with E-state index in [-0.39, 0.29) is 16.3 Å². The van der Waals surface area contributed by atoms with Crippen LogP contribution in [-0.2, 0) is 6.18 Å². The molecule has 4 nitrogen and oxygen atoms in total. The molecule has 0 radical (unpaired) electrons. The van der Waals surface area contributed by atoms with Gasteiger partial charge in [-0.05, 0) is 13.8 Å². The van der Waals surface area contributed by atoms with E-state index >= 15 is 0 Å². The van der Waals surface area contributed by atoms with Gasteiger partial charge in [0.25, 0.3) is 0 Å². The fraction of sp³-hybridized carbons (Fsp3) is 0.444. The Morgan fingerprint density at radius 2 is 1.94 bits per heavy atom. The van der Waals surface area contributed by atoms with Crippen molar-refractivity contribution in [2.45, 2.75) is 26.1 Å². The zero-order chi connectivity index (χ0) is 12.8. The van der Waals surface area contributed by atoms with E-state index < -0.39 is 18.0 Å². The highest BCUT2D eigenvalue weighted by molar-refractivity contribution is 6.33. The van der Waals surface area contributed by atoms with Crippen molar-refractivity contribution in [1.29, 1.82) is 0 Å². The van der Waals surface area contributed by atoms with Crippen molar-refractivity contribution in [2.24, 2.45) is 0 Å². The minimum atomic E-state index is -4.55. The van der Waals surface area contributed by atoms with Crippen molar-refractivity contribution in [3.63, 3.8) is 0 Å². The van der Waals surface area contributed by atoms with Gasteiger partial charge in [-0.25, -0.2) is 15.0 Å². The number of nitrogens with zero attached hydrogens (tertiary/aromatic N) is 4. The second-order valence-electron chi connectivity index (χ2n) is 3.73. The van der Waals surface area contributed by atoms with E-state index in [4.69, 9.17) is 11.6 Å². The molecule has 2 aromatic heterocycles. The minimum Gasteiger partial charge on any atom is -0.302 e. The van der Waals surface area contributed by atoms with Gasteiger partial charge >= 0.3 is 6.18 Å². The van der Waals surface area contributed by atoms with Gasteiger partial charge < -0.3 is 4.57 Å². The molecule has 2 heterocycles. The Kier molecular flexibility index (Phi) is 2.73. The summed E-state index contributed by atoms with van der Waals surface area (Å²) in [4.78, 5) is 10.9. The van der Waals surface area contributed by atoms with Gasteiger partial charge in [0.2, 0.25) is 5.82 Å². The van der Waals surface area contributed by atoms with Crippen molar-refractivity contribution in [1.82, 2.24) is 19.5 Å². The number of hydrogen-bond donors (Lipinski definition) is 0. The maximum absolute atomic E-state index is 12.8. The zero-order valence-corrected chi connectivity index (χ0v) is 9.71. The second-order valence-corrected chi connectivity index (χ2v) is 4.09. The van der Waals surface area contributed by atoms with Crippen LogP contribution in [0.25, 0.3) is 11.2 Å². The molecule has 8 heteroatoms. The van der Waals surface area contributed by atoms with E-state index in [1.807, 2.05) is 0 Å². The Labute approximate surface area is 99.5 Å². The summed E-state index contributed by atoms with van der Waals surface area (Å²) < 4.78 is 39.4. The molecule has 0 aliphatic heterocycles. The molecule has 0 saturated carbocycles. The van der Waals surface area contributed by atoms with Crippen LogP contribution in [0.3, 0.4) is 0 Å². The van der Waals surface area contributed by atoms with Gasteiger partial charge in [-0.15, -0.1) is 0 Å². The molecule has 0 aliphatic carbocycles. The number of aromatic nitrogens is 4. The normalized spacial score (nSPS) is 12.6. The van der Waals surface area contributed by atoms with Crippen LogP contribution in [-0.4, -0.2) is 19.5 Å². The summed E-state index contributed by atoms with van der Waals surface area (Å²) >= 11 is 5.70. The van der Waals surface area contributed by atoms with E-state index in [9.17, 15) is 13.2 Å². The van der Waals surface area contributed by atoms with Crippen LogP contribution in [0.5, 0.6) is 0 Å². The molecule has 2 rings (SSSR count). The molecule has 0 amide bonds. The number of alkyl halides is 3. The molecule has 0 unspecified atom stereocenters. The number of halogens is 4. The molecule has 0 bridgehead atoms. The summed E-state index contributed by atoms with van der Waals surface area (Å²) in [6.45, 7) is 3.23. The smallest absolute Gasteiger partial charge is 0.302 e. The van der Waals surface area contributed by atoms with E-state index in [2.05, 4.69) is 15.0 Å². The Balaban J connectivity index is 2.85. The number of fused-ring (bicyclic) bond motifs is 1. The maximum atomic E-state index is 12.8. The maximum Gasteiger partial charge on any atom is 0.449 e. The Hall–Kier alpha value is -1.37. The third-order valence-corrected chi connectivity index (χ3v) is 2.48. The molecule has 0 fully saturated rings. The molecular weight excluding hydrogens is 257 g/mol. The van der Waals surface area contributed by atoms with Gasteiger partial charge in [0.1, 0.15) is 11.8 Å². The molecule has 92 valence electrons. The molecule has 0 aromatic carbocycles. The summed E-state index contributed by atoms with van der Waals surface area (Å²) in [6, 6.07) is -0.428. The van der Waals surface area contributed by atoms with Crippen LogP contribution in [0.15, 0.2) is 6.33 Å². The lowest BCUT2D eigenvalue weighted by Gasteiger charge is -2.13. The van der Waals surface area contributed by atoms with Gasteiger partial charge in [-0.2, -0.15) is 13.2 Å². The van der Waals surface area contributed by atoms with Crippen molar-refractivity contribution < 1.29 is 13.2 Å². The van der Waals surface area contributed by atoms with Crippen LogP contribution in [0.4, 0.5) is 13.2 Å². The molecule has 0 N–H and O–H groups in total. The van der Waals surface area contributed by atoms with Crippen LogP contribution in [0, 0.1) is 0 Å². The average molecular weight is 265 g/mol. The molecular formula is C9H8ClF3N4. The van der Waals surface area contributed by atoms with Crippen molar-refractivity contribution >= 4 is 22.8 Å². The SMILES string of the molecule is CC(C)n1c(C(F)(F)F)nc2c(Cl)ncnc21. The minimum absolute atomic E-state index is 0.0322. The standard InChI is InChI=1S/C9H8ClF3N4/c1-4(2)17-7-5(6(10)14-3-15-7)16-8(17)9(11,12)13/h3-4H,1-2H3. The Bertz CT molecular complexity index is 561. The Morgan fingerprint density at radius 3 is 2.47 bits per heavy atom. The first-order chi connectivity index (χ1) is 7.82. The lowest BCUT2D eigenvalue weighted by atomic mass is 10.3. The van der Waals surface area contributed by atoms with Gasteiger partial charge in [0.15, 0.2) is 10.8 Å². The van der Waals surface area contributed by atoms with Crippen LogP contribution in [0.1, 0.15) is 25.7 Å². The van der Waals surface area contributed by atoms with E-state index in [0.29, 0.717) is 0 Å². The Morgan fingerprint density at radius 1 is 1.29 bits per heavy atom. The van der Waals surface area contributed by atoms with Crippen LogP contribution in [0.2, 0.25) is 5.15 Å². The van der Waals surface area contributed by atoms with Crippen molar-refractivity contribution in [2.75, 3.05) is 0 Å². The number of imidazole rings is 1. The fourth-order valence-electron chi connectivity index (χ4n) is 1.57. The highest BCUT2D eigenvalue weighted by atomic mass is 35.5. The van der Waals surface area contributed by atoms with Gasteiger partial charge in [0, 0.05) is 6.04 Å². The predicted molar refractivity (Wildman–Crippen MR) is 55.7 cm³/mol. The predicted octanol–water partition coefficient (Wildman–Crippen LogP) is 3.08. The third-order valence-electron chi connectivity index (χ3n) is 2.20. The molecule has 17 heavy (non-hydrogen) atoms. The van der Waals surface area contributed by atoms with E-state index in [1.165, 1.54) is 0 Å². The summed E-state index contributed by atoms with van der Waals surface area (Å²) in [7, 11) is 0. The fourth-order valence-corrected chi connectivity index (χ4v) is 1.74. The topological polar surface area (TPSA) is 43.6 Å². The lowest BCUT2D eigenvalue weighted by molar-refractivity contribution is -0.147. The lowest BCUT2D eigenvalue weighted by Crippen LogP contribution is -2.16. The molecule has 0 saturated heterocycles. The second kappa shape index (κ2) is 3.83. The first-order valence-corrected chi connectivity index (χ1v) is 5.15. The summed E-state index contributed by atoms with van der Waals surface area (Å²) in [5.41, 5.74) is 0.0579. The number of hydrogen-bond acceptors (Lipinski definition) is 3. The van der Waals surface area contributed by atoms with Crippen LogP contribution < -0.4 is 0 Å². The molecule has 0 atom stereocenters. The third kappa shape index (κ3) is 1.95. The zero-order valence-electron chi connectivity index (χ0n) is 8.96. The average Bonchev–Trinajstić information content (AvgIpc) is 2.57. The summed E-state index contributed by atoms with van der Waals surface area (Å²) in [6.07, 6.45) is -3.43. The van der Waals surface area contributed by atoms with E-state index in [0.717, 1.165) is 10.9 Å². The monoisotopic (exact) mass is 264 g/mol. The first kappa shape index (κ1) is 12.1. The first-order valence-electron chi connectivity index (χ1n) is 4.78. The summed E-state index contributed by atoms with van der Waals surface area (Å²) in [5.74, 6) is -1.01.